The van der Waals surface area contributed by atoms with Crippen LogP contribution in [0.3, 0.4) is 0 Å². The summed E-state index contributed by atoms with van der Waals surface area (Å²) in [6.07, 6.45) is 0. The van der Waals surface area contributed by atoms with Gasteiger partial charge in [-0.15, -0.1) is 0 Å². The highest BCUT2D eigenvalue weighted by Crippen LogP contribution is 2.24. The van der Waals surface area contributed by atoms with E-state index in [0.717, 1.165) is 0 Å². The summed E-state index contributed by atoms with van der Waals surface area (Å²) >= 11 is 3.32. The van der Waals surface area contributed by atoms with Crippen molar-refractivity contribution in [2.75, 3.05) is 0 Å². The summed E-state index contributed by atoms with van der Waals surface area (Å²) in [5, 5.41) is 0. The average molecular weight is 311 g/mol. The Morgan fingerprint density at radius 3 is 2.44 bits per heavy atom. The molecule has 0 atom stereocenters. The number of nitrogens with zero attached hydrogens (tertiary/aromatic N) is 2. The molecule has 94 valence electrons. The van der Waals surface area contributed by atoms with Crippen LogP contribution in [0.1, 0.15) is 25.6 Å². The summed E-state index contributed by atoms with van der Waals surface area (Å²) in [4.78, 5) is 8.55. The first-order chi connectivity index (χ1) is 8.54. The Kier molecular flexibility index (Phi) is 3.91. The van der Waals surface area contributed by atoms with Gasteiger partial charge < -0.3 is 4.74 Å². The van der Waals surface area contributed by atoms with E-state index >= 15 is 0 Å². The fraction of sp³-hybridized carbons (Fsp3) is 0.231. The Morgan fingerprint density at radius 1 is 1.17 bits per heavy atom. The van der Waals surface area contributed by atoms with Crippen molar-refractivity contribution in [2.24, 2.45) is 0 Å². The molecule has 2 rings (SSSR count). The van der Waals surface area contributed by atoms with Crippen molar-refractivity contribution >= 4 is 15.9 Å². The molecule has 0 bridgehead atoms. The fourth-order valence-electron chi connectivity index (χ4n) is 1.35. The average Bonchev–Trinajstić information content (AvgIpc) is 2.31. The summed E-state index contributed by atoms with van der Waals surface area (Å²) in [7, 11) is 0. The number of hydrogen-bond donors (Lipinski definition) is 0. The van der Waals surface area contributed by atoms with E-state index in [-0.39, 0.29) is 11.7 Å². The van der Waals surface area contributed by atoms with Crippen molar-refractivity contribution < 1.29 is 9.13 Å². The molecule has 1 aromatic heterocycles. The van der Waals surface area contributed by atoms with Gasteiger partial charge in [0.1, 0.15) is 22.0 Å². The molecule has 1 heterocycles. The maximum atomic E-state index is 12.8. The van der Waals surface area contributed by atoms with Crippen molar-refractivity contribution in [3.63, 3.8) is 0 Å². The number of halogens is 2. The molecular weight excluding hydrogens is 299 g/mol. The third-order valence-electron chi connectivity index (χ3n) is 2.24. The van der Waals surface area contributed by atoms with Gasteiger partial charge in [-0.2, -0.15) is 4.98 Å². The quantitative estimate of drug-likeness (QED) is 0.793. The molecule has 0 spiro atoms. The highest BCUT2D eigenvalue weighted by Gasteiger charge is 2.08. The Morgan fingerprint density at radius 2 is 1.83 bits per heavy atom. The molecule has 1 aromatic carbocycles. The Labute approximate surface area is 113 Å². The highest BCUT2D eigenvalue weighted by atomic mass is 79.9. The van der Waals surface area contributed by atoms with Gasteiger partial charge in [0.25, 0.3) is 0 Å². The number of aromatic nitrogens is 2. The van der Waals surface area contributed by atoms with E-state index in [1.54, 1.807) is 18.2 Å². The smallest absolute Gasteiger partial charge is 0.223 e. The van der Waals surface area contributed by atoms with E-state index in [1.807, 2.05) is 13.8 Å². The molecule has 2 aromatic rings. The predicted octanol–water partition coefficient (Wildman–Crippen LogP) is 4.29. The van der Waals surface area contributed by atoms with Crippen LogP contribution in [-0.4, -0.2) is 9.97 Å². The molecule has 0 saturated carbocycles. The molecule has 0 aliphatic heterocycles. The first kappa shape index (κ1) is 13.0. The lowest BCUT2D eigenvalue weighted by atomic mass is 10.2. The zero-order chi connectivity index (χ0) is 13.1. The van der Waals surface area contributed by atoms with Crippen molar-refractivity contribution in [1.82, 2.24) is 9.97 Å². The van der Waals surface area contributed by atoms with Gasteiger partial charge >= 0.3 is 0 Å². The minimum Gasteiger partial charge on any atom is -0.439 e. The first-order valence-corrected chi connectivity index (χ1v) is 6.32. The molecule has 0 N–H and O–H groups in total. The van der Waals surface area contributed by atoms with Crippen LogP contribution in [0.5, 0.6) is 11.6 Å². The maximum Gasteiger partial charge on any atom is 0.223 e. The van der Waals surface area contributed by atoms with E-state index < -0.39 is 0 Å². The minimum absolute atomic E-state index is 0.207. The van der Waals surface area contributed by atoms with Crippen LogP contribution in [0.25, 0.3) is 0 Å². The summed E-state index contributed by atoms with van der Waals surface area (Å²) in [5.74, 6) is 1.58. The van der Waals surface area contributed by atoms with E-state index in [2.05, 4.69) is 25.9 Å². The number of benzene rings is 1. The molecule has 0 amide bonds. The van der Waals surface area contributed by atoms with Crippen LogP contribution < -0.4 is 4.74 Å². The largest absolute Gasteiger partial charge is 0.439 e. The topological polar surface area (TPSA) is 35.0 Å². The SMILES string of the molecule is CC(C)c1nc(Br)cc(Oc2ccc(F)cc2)n1. The van der Waals surface area contributed by atoms with Gasteiger partial charge in [-0.3, -0.25) is 0 Å². The molecule has 3 nitrogen and oxygen atoms in total. The van der Waals surface area contributed by atoms with Gasteiger partial charge in [0, 0.05) is 12.0 Å². The van der Waals surface area contributed by atoms with Crippen molar-refractivity contribution in [3.8, 4) is 11.6 Å². The molecule has 0 unspecified atom stereocenters. The summed E-state index contributed by atoms with van der Waals surface area (Å²) in [5.41, 5.74) is 0. The summed E-state index contributed by atoms with van der Waals surface area (Å²) < 4.78 is 19.0. The van der Waals surface area contributed by atoms with Crippen molar-refractivity contribution in [3.05, 3.63) is 46.6 Å². The normalized spacial score (nSPS) is 10.7. The Hall–Kier alpha value is -1.49. The van der Waals surface area contributed by atoms with E-state index in [4.69, 9.17) is 4.74 Å². The van der Waals surface area contributed by atoms with Crippen LogP contribution in [-0.2, 0) is 0 Å². The van der Waals surface area contributed by atoms with Crippen LogP contribution in [0.4, 0.5) is 4.39 Å². The lowest BCUT2D eigenvalue weighted by Gasteiger charge is -2.08. The third kappa shape index (κ3) is 3.26. The molecule has 0 aliphatic rings. The van der Waals surface area contributed by atoms with Gasteiger partial charge in [-0.05, 0) is 40.2 Å². The molecule has 0 aliphatic carbocycles. The number of rotatable bonds is 3. The monoisotopic (exact) mass is 310 g/mol. The molecule has 0 radical (unpaired) electrons. The molecule has 0 fully saturated rings. The molecule has 0 saturated heterocycles. The number of ether oxygens (including phenoxy) is 1. The lowest BCUT2D eigenvalue weighted by Crippen LogP contribution is -1.99. The highest BCUT2D eigenvalue weighted by molar-refractivity contribution is 9.10. The summed E-state index contributed by atoms with van der Waals surface area (Å²) in [6, 6.07) is 7.47. The van der Waals surface area contributed by atoms with Gasteiger partial charge in [0.2, 0.25) is 5.88 Å². The Balaban J connectivity index is 2.26. The molecule has 18 heavy (non-hydrogen) atoms. The fourth-order valence-corrected chi connectivity index (χ4v) is 1.73. The van der Waals surface area contributed by atoms with Crippen LogP contribution in [0.15, 0.2) is 34.9 Å². The van der Waals surface area contributed by atoms with E-state index in [9.17, 15) is 4.39 Å². The zero-order valence-electron chi connectivity index (χ0n) is 10.0. The van der Waals surface area contributed by atoms with Crippen LogP contribution >= 0.6 is 15.9 Å². The van der Waals surface area contributed by atoms with Crippen molar-refractivity contribution in [2.45, 2.75) is 19.8 Å². The first-order valence-electron chi connectivity index (χ1n) is 5.52. The second kappa shape index (κ2) is 5.44. The third-order valence-corrected chi connectivity index (χ3v) is 2.65. The van der Waals surface area contributed by atoms with Gasteiger partial charge in [0.05, 0.1) is 0 Å². The second-order valence-corrected chi connectivity index (χ2v) is 4.91. The van der Waals surface area contributed by atoms with Crippen molar-refractivity contribution in [1.29, 1.82) is 0 Å². The summed E-state index contributed by atoms with van der Waals surface area (Å²) in [6.45, 7) is 4.01. The molecule has 5 heteroatoms. The van der Waals surface area contributed by atoms with Gasteiger partial charge in [-0.1, -0.05) is 13.8 Å². The van der Waals surface area contributed by atoms with E-state index in [1.165, 1.54) is 12.1 Å². The second-order valence-electron chi connectivity index (χ2n) is 4.10. The predicted molar refractivity (Wildman–Crippen MR) is 70.3 cm³/mol. The number of hydrogen-bond acceptors (Lipinski definition) is 3. The Bertz CT molecular complexity index is 543. The lowest BCUT2D eigenvalue weighted by molar-refractivity contribution is 0.454. The van der Waals surface area contributed by atoms with E-state index in [0.29, 0.717) is 22.1 Å². The minimum atomic E-state index is -0.297. The molecular formula is C13H12BrFN2O. The maximum absolute atomic E-state index is 12.8. The van der Waals surface area contributed by atoms with Crippen LogP contribution in [0, 0.1) is 5.82 Å². The van der Waals surface area contributed by atoms with Gasteiger partial charge in [-0.25, -0.2) is 9.37 Å². The van der Waals surface area contributed by atoms with Gasteiger partial charge in [0.15, 0.2) is 0 Å². The zero-order valence-corrected chi connectivity index (χ0v) is 11.6. The van der Waals surface area contributed by atoms with Crippen LogP contribution in [0.2, 0.25) is 0 Å². The standard InChI is InChI=1S/C13H12BrFN2O/c1-8(2)13-16-11(14)7-12(17-13)18-10-5-3-9(15)4-6-10/h3-8H,1-2H3.